The van der Waals surface area contributed by atoms with Gasteiger partial charge in [0.25, 0.3) is 0 Å². The maximum atomic E-state index is 5.99. The summed E-state index contributed by atoms with van der Waals surface area (Å²) in [6.45, 7) is 2.48. The molecule has 2 rings (SSSR count). The third kappa shape index (κ3) is 2.64. The van der Waals surface area contributed by atoms with Crippen LogP contribution < -0.4 is 20.5 Å². The maximum absolute atomic E-state index is 5.99. The molecule has 20 heavy (non-hydrogen) atoms. The first kappa shape index (κ1) is 14.0. The van der Waals surface area contributed by atoms with Gasteiger partial charge >= 0.3 is 0 Å². The lowest BCUT2D eigenvalue weighted by molar-refractivity contribution is 0.391. The minimum Gasteiger partial charge on any atom is -0.497 e. The quantitative estimate of drug-likeness (QED) is 0.873. The zero-order chi connectivity index (χ0) is 14.7. The van der Waals surface area contributed by atoms with Crippen molar-refractivity contribution in [1.29, 1.82) is 0 Å². The number of benzene rings is 1. The Balaban J connectivity index is 2.18. The zero-order valence-corrected chi connectivity index (χ0v) is 12.2. The van der Waals surface area contributed by atoms with Crippen molar-refractivity contribution in [2.45, 2.75) is 13.5 Å². The smallest absolute Gasteiger partial charge is 0.148 e. The molecule has 1 aromatic heterocycles. The Kier molecular flexibility index (Phi) is 4.02. The van der Waals surface area contributed by atoms with Gasteiger partial charge in [-0.3, -0.25) is 4.68 Å². The number of nitrogens with two attached hydrogens (primary N) is 1. The molecule has 0 aliphatic rings. The number of nitrogens with zero attached hydrogens (tertiary/aromatic N) is 2. The van der Waals surface area contributed by atoms with Crippen LogP contribution in [0.2, 0.25) is 0 Å². The van der Waals surface area contributed by atoms with Gasteiger partial charge in [0.1, 0.15) is 17.3 Å². The van der Waals surface area contributed by atoms with Crippen molar-refractivity contribution in [3.05, 3.63) is 29.5 Å². The highest BCUT2D eigenvalue weighted by Crippen LogP contribution is 2.27. The van der Waals surface area contributed by atoms with Gasteiger partial charge in [-0.2, -0.15) is 5.10 Å². The van der Waals surface area contributed by atoms with Crippen LogP contribution in [-0.4, -0.2) is 24.0 Å². The van der Waals surface area contributed by atoms with Crippen molar-refractivity contribution >= 4 is 11.5 Å². The Morgan fingerprint density at radius 3 is 2.60 bits per heavy atom. The maximum Gasteiger partial charge on any atom is 0.148 e. The number of aromatic nitrogens is 2. The molecule has 0 fully saturated rings. The van der Waals surface area contributed by atoms with Gasteiger partial charge in [-0.1, -0.05) is 0 Å². The molecule has 0 spiro atoms. The minimum atomic E-state index is 0.594. The summed E-state index contributed by atoms with van der Waals surface area (Å²) in [5.41, 5.74) is 8.49. The molecule has 0 bridgehead atoms. The normalized spacial score (nSPS) is 10.4. The number of rotatable bonds is 5. The van der Waals surface area contributed by atoms with Crippen molar-refractivity contribution < 1.29 is 9.47 Å². The van der Waals surface area contributed by atoms with E-state index in [0.717, 1.165) is 28.6 Å². The number of nitrogens with one attached hydrogen (secondary N) is 1. The van der Waals surface area contributed by atoms with Crippen LogP contribution in [0.4, 0.5) is 11.5 Å². The number of hydrogen-bond acceptors (Lipinski definition) is 5. The molecule has 0 unspecified atom stereocenters. The van der Waals surface area contributed by atoms with E-state index in [2.05, 4.69) is 10.4 Å². The standard InChI is InChI=1S/C14H20N4O2/c1-9-13(15)14(18(2)17-9)16-8-10-5-6-11(19-3)7-12(10)20-4/h5-7,16H,8,15H2,1-4H3. The van der Waals surface area contributed by atoms with Crippen molar-refractivity contribution in [3.63, 3.8) is 0 Å². The molecule has 3 N–H and O–H groups in total. The van der Waals surface area contributed by atoms with Crippen LogP contribution in [0.3, 0.4) is 0 Å². The van der Waals surface area contributed by atoms with Crippen molar-refractivity contribution in [2.75, 3.05) is 25.3 Å². The Hall–Kier alpha value is -2.37. The summed E-state index contributed by atoms with van der Waals surface area (Å²) in [5.74, 6) is 2.34. The third-order valence-electron chi connectivity index (χ3n) is 3.21. The van der Waals surface area contributed by atoms with Gasteiger partial charge in [-0.25, -0.2) is 0 Å². The predicted molar refractivity (Wildman–Crippen MR) is 79.2 cm³/mol. The number of anilines is 2. The van der Waals surface area contributed by atoms with Crippen LogP contribution in [0.15, 0.2) is 18.2 Å². The molecular formula is C14H20N4O2. The average molecular weight is 276 g/mol. The average Bonchev–Trinajstić information content (AvgIpc) is 2.70. The van der Waals surface area contributed by atoms with Crippen LogP contribution in [0, 0.1) is 6.92 Å². The minimum absolute atomic E-state index is 0.594. The van der Waals surface area contributed by atoms with E-state index in [1.165, 1.54) is 0 Å². The van der Waals surface area contributed by atoms with Crippen molar-refractivity contribution in [2.24, 2.45) is 7.05 Å². The van der Waals surface area contributed by atoms with Crippen molar-refractivity contribution in [1.82, 2.24) is 9.78 Å². The fourth-order valence-electron chi connectivity index (χ4n) is 2.06. The highest BCUT2D eigenvalue weighted by atomic mass is 16.5. The van der Waals surface area contributed by atoms with Gasteiger partial charge in [0.2, 0.25) is 0 Å². The molecule has 1 heterocycles. The highest BCUT2D eigenvalue weighted by molar-refractivity contribution is 5.64. The predicted octanol–water partition coefficient (Wildman–Crippen LogP) is 1.94. The lowest BCUT2D eigenvalue weighted by atomic mass is 10.2. The number of ether oxygens (including phenoxy) is 2. The monoisotopic (exact) mass is 276 g/mol. The number of aryl methyl sites for hydroxylation is 2. The molecule has 2 aromatic rings. The first-order chi connectivity index (χ1) is 9.56. The number of methoxy groups -OCH3 is 2. The summed E-state index contributed by atoms with van der Waals surface area (Å²) in [4.78, 5) is 0. The molecule has 6 heteroatoms. The number of hydrogen-bond donors (Lipinski definition) is 2. The van der Waals surface area contributed by atoms with Gasteiger partial charge in [-0.05, 0) is 19.1 Å². The molecule has 1 aromatic carbocycles. The van der Waals surface area contributed by atoms with E-state index in [1.807, 2.05) is 32.2 Å². The fourth-order valence-corrected chi connectivity index (χ4v) is 2.06. The van der Waals surface area contributed by atoms with Gasteiger partial charge in [0.05, 0.1) is 25.6 Å². The summed E-state index contributed by atoms with van der Waals surface area (Å²) in [7, 11) is 5.13. The van der Waals surface area contributed by atoms with E-state index in [9.17, 15) is 0 Å². The summed E-state index contributed by atoms with van der Waals surface area (Å²) in [6, 6.07) is 5.72. The zero-order valence-electron chi connectivity index (χ0n) is 12.2. The Morgan fingerprint density at radius 2 is 2.05 bits per heavy atom. The Bertz CT molecular complexity index is 607. The van der Waals surface area contributed by atoms with E-state index in [-0.39, 0.29) is 0 Å². The Labute approximate surface area is 118 Å². The second-order valence-electron chi connectivity index (χ2n) is 4.50. The van der Waals surface area contributed by atoms with E-state index in [4.69, 9.17) is 15.2 Å². The molecule has 6 nitrogen and oxygen atoms in total. The van der Waals surface area contributed by atoms with Crippen LogP contribution in [0.1, 0.15) is 11.3 Å². The molecular weight excluding hydrogens is 256 g/mol. The van der Waals surface area contributed by atoms with E-state index in [1.54, 1.807) is 18.9 Å². The van der Waals surface area contributed by atoms with Crippen LogP contribution in [0.25, 0.3) is 0 Å². The summed E-state index contributed by atoms with van der Waals surface area (Å²) in [5, 5.41) is 7.56. The fraction of sp³-hybridized carbons (Fsp3) is 0.357. The molecule has 0 radical (unpaired) electrons. The van der Waals surface area contributed by atoms with Crippen LogP contribution >= 0.6 is 0 Å². The van der Waals surface area contributed by atoms with Gasteiger partial charge in [0, 0.05) is 25.2 Å². The molecule has 0 saturated carbocycles. The van der Waals surface area contributed by atoms with Crippen LogP contribution in [-0.2, 0) is 13.6 Å². The lowest BCUT2D eigenvalue weighted by Gasteiger charge is -2.12. The lowest BCUT2D eigenvalue weighted by Crippen LogP contribution is -2.07. The molecule has 0 amide bonds. The first-order valence-corrected chi connectivity index (χ1v) is 6.30. The van der Waals surface area contributed by atoms with E-state index >= 15 is 0 Å². The first-order valence-electron chi connectivity index (χ1n) is 6.30. The van der Waals surface area contributed by atoms with Crippen molar-refractivity contribution in [3.8, 4) is 11.5 Å². The second-order valence-corrected chi connectivity index (χ2v) is 4.50. The largest absolute Gasteiger partial charge is 0.497 e. The van der Waals surface area contributed by atoms with Crippen LogP contribution in [0.5, 0.6) is 11.5 Å². The molecule has 0 aliphatic heterocycles. The summed E-state index contributed by atoms with van der Waals surface area (Å²) < 4.78 is 12.3. The van der Waals surface area contributed by atoms with E-state index < -0.39 is 0 Å². The summed E-state index contributed by atoms with van der Waals surface area (Å²) in [6.07, 6.45) is 0. The molecule has 0 atom stereocenters. The van der Waals surface area contributed by atoms with E-state index in [0.29, 0.717) is 12.2 Å². The van der Waals surface area contributed by atoms with Gasteiger partial charge in [0.15, 0.2) is 0 Å². The third-order valence-corrected chi connectivity index (χ3v) is 3.21. The number of nitrogen functional groups attached to an aromatic ring is 1. The second kappa shape index (κ2) is 5.73. The summed E-state index contributed by atoms with van der Waals surface area (Å²) >= 11 is 0. The van der Waals surface area contributed by atoms with Gasteiger partial charge in [-0.15, -0.1) is 0 Å². The molecule has 108 valence electrons. The molecule has 0 saturated heterocycles. The molecule has 0 aliphatic carbocycles. The topological polar surface area (TPSA) is 74.3 Å². The highest BCUT2D eigenvalue weighted by Gasteiger charge is 2.11. The van der Waals surface area contributed by atoms with Gasteiger partial charge < -0.3 is 20.5 Å². The SMILES string of the molecule is COc1ccc(CNc2c(N)c(C)nn2C)c(OC)c1. The Morgan fingerprint density at radius 1 is 1.30 bits per heavy atom.